The summed E-state index contributed by atoms with van der Waals surface area (Å²) in [4.78, 5) is 4.34. The van der Waals surface area contributed by atoms with Crippen molar-refractivity contribution in [3.8, 4) is 22.6 Å². The van der Waals surface area contributed by atoms with Crippen molar-refractivity contribution in [2.24, 2.45) is 5.92 Å². The number of hydrogen-bond acceptors (Lipinski definition) is 3. The zero-order chi connectivity index (χ0) is 19.4. The lowest BCUT2D eigenvalue weighted by molar-refractivity contribution is 0.105. The Labute approximate surface area is 164 Å². The Bertz CT molecular complexity index is 782. The minimum Gasteiger partial charge on any atom is -0.496 e. The number of rotatable bonds is 8. The van der Waals surface area contributed by atoms with Crippen molar-refractivity contribution in [1.29, 1.82) is 0 Å². The summed E-state index contributed by atoms with van der Waals surface area (Å²) in [6.45, 7) is 8.86. The van der Waals surface area contributed by atoms with Crippen LogP contribution in [0.3, 0.4) is 0 Å². The Kier molecular flexibility index (Phi) is 6.08. The van der Waals surface area contributed by atoms with Crippen molar-refractivity contribution in [3.63, 3.8) is 0 Å². The van der Waals surface area contributed by atoms with Gasteiger partial charge in [-0.1, -0.05) is 39.5 Å². The molecule has 1 unspecified atom stereocenters. The van der Waals surface area contributed by atoms with Gasteiger partial charge in [0.25, 0.3) is 0 Å². The van der Waals surface area contributed by atoms with Crippen LogP contribution in [0.5, 0.6) is 11.5 Å². The van der Waals surface area contributed by atoms with Crippen molar-refractivity contribution in [2.45, 2.75) is 71.8 Å². The maximum atomic E-state index is 6.41. The average molecular weight is 368 g/mol. The van der Waals surface area contributed by atoms with Crippen LogP contribution in [-0.4, -0.2) is 12.1 Å². The average Bonchev–Trinajstić information content (AvgIpc) is 2.65. The van der Waals surface area contributed by atoms with E-state index in [2.05, 4.69) is 44.8 Å². The smallest absolute Gasteiger partial charge is 0.132 e. The van der Waals surface area contributed by atoms with E-state index in [9.17, 15) is 0 Å². The molecule has 3 nitrogen and oxygen atoms in total. The van der Waals surface area contributed by atoms with Gasteiger partial charge in [-0.2, -0.15) is 0 Å². The van der Waals surface area contributed by atoms with E-state index in [1.54, 1.807) is 7.11 Å². The highest BCUT2D eigenvalue weighted by molar-refractivity contribution is 5.81. The summed E-state index contributed by atoms with van der Waals surface area (Å²) < 4.78 is 12.2. The number of nitrogens with zero attached hydrogens (tertiary/aromatic N) is 1. The number of pyridine rings is 1. The number of hydrogen-bond donors (Lipinski definition) is 0. The van der Waals surface area contributed by atoms with Crippen LogP contribution < -0.4 is 9.47 Å². The summed E-state index contributed by atoms with van der Waals surface area (Å²) in [5.41, 5.74) is 4.21. The quantitative estimate of drug-likeness (QED) is 0.497. The highest BCUT2D eigenvalue weighted by Gasteiger charge is 2.34. The maximum absolute atomic E-state index is 6.41. The van der Waals surface area contributed by atoms with E-state index in [1.807, 2.05) is 18.5 Å². The topological polar surface area (TPSA) is 31.4 Å². The minimum absolute atomic E-state index is 0.373. The number of aromatic nitrogens is 1. The Morgan fingerprint density at radius 1 is 1.19 bits per heavy atom. The van der Waals surface area contributed by atoms with Gasteiger partial charge in [-0.05, 0) is 56.4 Å². The van der Waals surface area contributed by atoms with Crippen LogP contribution in [0.2, 0.25) is 0 Å². The van der Waals surface area contributed by atoms with Gasteiger partial charge in [-0.15, -0.1) is 0 Å². The zero-order valence-corrected chi connectivity index (χ0v) is 17.5. The second-order valence-corrected chi connectivity index (χ2v) is 8.34. The number of methoxy groups -OCH3 is 1. The first-order chi connectivity index (χ1) is 13.0. The maximum Gasteiger partial charge on any atom is 0.132 e. The van der Waals surface area contributed by atoms with Crippen LogP contribution in [0.1, 0.15) is 70.9 Å². The molecule has 3 rings (SSSR count). The van der Waals surface area contributed by atoms with Crippen LogP contribution in [0.4, 0.5) is 0 Å². The molecule has 1 aromatic carbocycles. The predicted molar refractivity (Wildman–Crippen MR) is 112 cm³/mol. The second-order valence-electron chi connectivity index (χ2n) is 8.34. The first-order valence-corrected chi connectivity index (χ1v) is 10.3. The van der Waals surface area contributed by atoms with Crippen LogP contribution in [0.15, 0.2) is 30.6 Å². The molecule has 0 saturated carbocycles. The van der Waals surface area contributed by atoms with E-state index < -0.39 is 0 Å². The lowest BCUT2D eigenvalue weighted by Crippen LogP contribution is -2.29. The first-order valence-electron chi connectivity index (χ1n) is 10.3. The van der Waals surface area contributed by atoms with Gasteiger partial charge in [-0.25, -0.2) is 0 Å². The van der Waals surface area contributed by atoms with Crippen molar-refractivity contribution < 1.29 is 9.47 Å². The van der Waals surface area contributed by atoms with E-state index in [0.717, 1.165) is 40.5 Å². The molecule has 0 bridgehead atoms. The molecule has 2 heterocycles. The molecule has 2 aromatic rings. The summed E-state index contributed by atoms with van der Waals surface area (Å²) in [5, 5.41) is 0. The molecule has 27 heavy (non-hydrogen) atoms. The van der Waals surface area contributed by atoms with Crippen LogP contribution in [-0.2, 0) is 12.0 Å². The molecule has 0 radical (unpaired) electrons. The molecule has 1 aliphatic rings. The van der Waals surface area contributed by atoms with Gasteiger partial charge in [0.05, 0.1) is 12.7 Å². The molecule has 1 aromatic heterocycles. The minimum atomic E-state index is -0.373. The molecule has 0 spiro atoms. The summed E-state index contributed by atoms with van der Waals surface area (Å²) >= 11 is 0. The summed E-state index contributed by atoms with van der Waals surface area (Å²) in [6.07, 6.45) is 11.3. The van der Waals surface area contributed by atoms with Crippen molar-refractivity contribution in [2.75, 3.05) is 7.11 Å². The molecule has 3 heteroatoms. The summed E-state index contributed by atoms with van der Waals surface area (Å²) in [5.74, 6) is 2.54. The summed E-state index contributed by atoms with van der Waals surface area (Å²) in [7, 11) is 1.74. The highest BCUT2D eigenvalue weighted by Crippen LogP contribution is 2.49. The molecule has 0 fully saturated rings. The Hall–Kier alpha value is -2.03. The fraction of sp³-hybridized carbons (Fsp3) is 0.542. The molecule has 0 saturated heterocycles. The third kappa shape index (κ3) is 4.28. The van der Waals surface area contributed by atoms with Crippen LogP contribution >= 0.6 is 0 Å². The van der Waals surface area contributed by atoms with Crippen molar-refractivity contribution in [1.82, 2.24) is 4.98 Å². The SMILES string of the molecule is CCCCCC(C)CCc1cc(OC)c2c(c1)OC(C)(C)c1ccncc1-2. The van der Waals surface area contributed by atoms with E-state index >= 15 is 0 Å². The van der Waals surface area contributed by atoms with E-state index in [-0.39, 0.29) is 5.60 Å². The zero-order valence-electron chi connectivity index (χ0n) is 17.5. The largest absolute Gasteiger partial charge is 0.496 e. The van der Waals surface area contributed by atoms with E-state index in [4.69, 9.17) is 9.47 Å². The van der Waals surface area contributed by atoms with Gasteiger partial charge < -0.3 is 9.47 Å². The number of benzene rings is 1. The fourth-order valence-electron chi connectivity index (χ4n) is 4.04. The van der Waals surface area contributed by atoms with Crippen LogP contribution in [0.25, 0.3) is 11.1 Å². The molecule has 1 atom stereocenters. The number of aryl methyl sites for hydroxylation is 1. The van der Waals surface area contributed by atoms with E-state index in [1.165, 1.54) is 37.7 Å². The Morgan fingerprint density at radius 3 is 2.74 bits per heavy atom. The number of fused-ring (bicyclic) bond motifs is 3. The molecular formula is C24H33NO2. The van der Waals surface area contributed by atoms with Gasteiger partial charge in [0.2, 0.25) is 0 Å². The summed E-state index contributed by atoms with van der Waals surface area (Å²) in [6, 6.07) is 6.42. The first kappa shape index (κ1) is 19.7. The van der Waals surface area contributed by atoms with E-state index in [0.29, 0.717) is 0 Å². The third-order valence-electron chi connectivity index (χ3n) is 5.68. The van der Waals surface area contributed by atoms with Gasteiger partial charge >= 0.3 is 0 Å². The lowest BCUT2D eigenvalue weighted by Gasteiger charge is -2.35. The Balaban J connectivity index is 1.85. The monoisotopic (exact) mass is 367 g/mol. The third-order valence-corrected chi connectivity index (χ3v) is 5.68. The second kappa shape index (κ2) is 8.33. The van der Waals surface area contributed by atoms with Crippen molar-refractivity contribution >= 4 is 0 Å². The highest BCUT2D eigenvalue weighted by atomic mass is 16.5. The van der Waals surface area contributed by atoms with Gasteiger partial charge in [0.1, 0.15) is 17.1 Å². The Morgan fingerprint density at radius 2 is 2.00 bits per heavy atom. The number of ether oxygens (including phenoxy) is 2. The molecule has 0 amide bonds. The standard InChI is InChI=1S/C24H33NO2/c1-6-7-8-9-17(2)10-11-18-14-21(26-5)23-19-16-25-13-12-20(19)24(3,4)27-22(23)15-18/h12-17H,6-11H2,1-5H3. The van der Waals surface area contributed by atoms with Crippen LogP contribution in [0, 0.1) is 5.92 Å². The van der Waals surface area contributed by atoms with Gasteiger partial charge in [-0.3, -0.25) is 4.98 Å². The molecule has 146 valence electrons. The lowest BCUT2D eigenvalue weighted by atomic mass is 9.86. The molecule has 0 N–H and O–H groups in total. The fourth-order valence-corrected chi connectivity index (χ4v) is 4.04. The van der Waals surface area contributed by atoms with Crippen molar-refractivity contribution in [3.05, 3.63) is 41.7 Å². The molecule has 1 aliphatic heterocycles. The van der Waals surface area contributed by atoms with Gasteiger partial charge in [0.15, 0.2) is 0 Å². The predicted octanol–water partition coefficient (Wildman–Crippen LogP) is 6.53. The van der Waals surface area contributed by atoms with Gasteiger partial charge in [0, 0.05) is 23.5 Å². The molecule has 0 aliphatic carbocycles. The normalized spacial score (nSPS) is 15.4. The molecular weight excluding hydrogens is 334 g/mol. The number of unbranched alkanes of at least 4 members (excludes halogenated alkanes) is 2.